The molecule has 0 radical (unpaired) electrons. The Bertz CT molecular complexity index is 1440. The maximum absolute atomic E-state index is 13.0. The molecule has 0 aliphatic carbocycles. The summed E-state index contributed by atoms with van der Waals surface area (Å²) in [6, 6.07) is 16.6. The van der Waals surface area contributed by atoms with E-state index in [1.165, 1.54) is 19.2 Å². The Hall–Kier alpha value is -4.44. The van der Waals surface area contributed by atoms with Crippen LogP contribution in [0.2, 0.25) is 0 Å². The monoisotopic (exact) mass is 577 g/mol. The van der Waals surface area contributed by atoms with Gasteiger partial charge in [-0.3, -0.25) is 19.8 Å². The molecule has 1 saturated heterocycles. The number of urea groups is 1. The van der Waals surface area contributed by atoms with Gasteiger partial charge in [0.1, 0.15) is 12.3 Å². The smallest absolute Gasteiger partial charge is 0.329 e. The van der Waals surface area contributed by atoms with Crippen molar-refractivity contribution < 1.29 is 24.0 Å². The molecule has 0 atom stereocenters. The number of benzene rings is 3. The molecule has 9 nitrogen and oxygen atoms in total. The fourth-order valence-corrected chi connectivity index (χ4v) is 4.22. The molecule has 1 N–H and O–H groups in total. The molecule has 3 aromatic carbocycles. The lowest BCUT2D eigenvalue weighted by Crippen LogP contribution is -2.30. The lowest BCUT2D eigenvalue weighted by Gasteiger charge is -2.16. The van der Waals surface area contributed by atoms with E-state index in [2.05, 4.69) is 27.8 Å². The molecule has 3 amide bonds. The van der Waals surface area contributed by atoms with E-state index in [0.29, 0.717) is 29.0 Å². The number of hydrogen-bond acceptors (Lipinski definition) is 6. The Morgan fingerprint density at radius 3 is 2.55 bits per heavy atom. The minimum atomic E-state index is -0.501. The molecule has 0 aromatic heterocycles. The van der Waals surface area contributed by atoms with Crippen molar-refractivity contribution in [3.63, 3.8) is 0 Å². The number of methoxy groups -OCH3 is 1. The number of hydrogen-bond donors (Lipinski definition) is 1. The molecule has 4 rings (SSSR count). The van der Waals surface area contributed by atoms with Crippen LogP contribution in [0.5, 0.6) is 11.5 Å². The quantitative estimate of drug-likeness (QED) is 0.108. The normalized spacial score (nSPS) is 13.9. The van der Waals surface area contributed by atoms with Crippen molar-refractivity contribution in [2.45, 2.75) is 19.6 Å². The van der Waals surface area contributed by atoms with Gasteiger partial charge in [0, 0.05) is 22.2 Å². The van der Waals surface area contributed by atoms with Gasteiger partial charge >= 0.3 is 6.03 Å². The lowest BCUT2D eigenvalue weighted by atomic mass is 10.0. The number of rotatable bonds is 10. The van der Waals surface area contributed by atoms with Gasteiger partial charge < -0.3 is 14.8 Å². The van der Waals surface area contributed by atoms with Crippen LogP contribution in [0.25, 0.3) is 6.08 Å². The summed E-state index contributed by atoms with van der Waals surface area (Å²) in [6.07, 6.45) is 3.73. The van der Waals surface area contributed by atoms with E-state index in [1.807, 2.05) is 30.3 Å². The number of ether oxygens (including phenoxy) is 2. The Kier molecular flexibility index (Phi) is 8.22. The third-order valence-corrected chi connectivity index (χ3v) is 6.30. The van der Waals surface area contributed by atoms with Gasteiger partial charge in [0.25, 0.3) is 11.6 Å². The third kappa shape index (κ3) is 6.09. The number of nitro groups is 1. The van der Waals surface area contributed by atoms with Gasteiger partial charge in [0.05, 0.1) is 18.6 Å². The highest BCUT2D eigenvalue weighted by atomic mass is 79.9. The Balaban J connectivity index is 1.58. The van der Waals surface area contributed by atoms with Crippen LogP contribution in [0.4, 0.5) is 10.5 Å². The number of nitro benzene ring substituents is 1. The van der Waals surface area contributed by atoms with Gasteiger partial charge in [-0.1, -0.05) is 46.3 Å². The number of nitrogens with one attached hydrogen (secondary N) is 1. The molecule has 0 saturated carbocycles. The number of non-ortho nitro benzene ring substituents is 1. The van der Waals surface area contributed by atoms with Crippen molar-refractivity contribution >= 4 is 39.6 Å². The van der Waals surface area contributed by atoms with Crippen LogP contribution < -0.4 is 14.8 Å². The van der Waals surface area contributed by atoms with Gasteiger partial charge in [0.15, 0.2) is 11.5 Å². The number of carbonyl (C=O) groups excluding carboxylic acids is 2. The average Bonchev–Trinajstić information content (AvgIpc) is 3.16. The van der Waals surface area contributed by atoms with Gasteiger partial charge in [-0.15, -0.1) is 6.58 Å². The number of nitrogens with zero attached hydrogens (tertiary/aromatic N) is 2. The van der Waals surface area contributed by atoms with Crippen molar-refractivity contribution in [1.29, 1.82) is 0 Å². The van der Waals surface area contributed by atoms with E-state index in [-0.39, 0.29) is 24.5 Å². The summed E-state index contributed by atoms with van der Waals surface area (Å²) < 4.78 is 12.5. The number of amides is 3. The van der Waals surface area contributed by atoms with Crippen LogP contribution in [0.1, 0.15) is 22.3 Å². The number of allylic oxidation sites excluding steroid dienone is 1. The summed E-state index contributed by atoms with van der Waals surface area (Å²) in [6.45, 7) is 4.03. The largest absolute Gasteiger partial charge is 0.493 e. The summed E-state index contributed by atoms with van der Waals surface area (Å²) in [5.74, 6) is 0.429. The zero-order valence-electron chi connectivity index (χ0n) is 20.5. The fraction of sp³-hybridized carbons (Fsp3) is 0.143. The second kappa shape index (κ2) is 11.7. The first-order chi connectivity index (χ1) is 18.3. The van der Waals surface area contributed by atoms with Crippen LogP contribution in [0, 0.1) is 10.1 Å². The fourth-order valence-electron chi connectivity index (χ4n) is 3.96. The van der Waals surface area contributed by atoms with Crippen molar-refractivity contribution in [2.24, 2.45) is 0 Å². The zero-order valence-corrected chi connectivity index (χ0v) is 22.1. The molecule has 3 aromatic rings. The third-order valence-electron chi connectivity index (χ3n) is 5.77. The predicted octanol–water partition coefficient (Wildman–Crippen LogP) is 5.77. The predicted molar refractivity (Wildman–Crippen MR) is 146 cm³/mol. The molecule has 0 bridgehead atoms. The number of carbonyl (C=O) groups is 2. The summed E-state index contributed by atoms with van der Waals surface area (Å²) in [5, 5.41) is 13.7. The van der Waals surface area contributed by atoms with E-state index < -0.39 is 16.9 Å². The van der Waals surface area contributed by atoms with Gasteiger partial charge in [-0.2, -0.15) is 0 Å². The second-order valence-corrected chi connectivity index (χ2v) is 9.34. The van der Waals surface area contributed by atoms with Crippen molar-refractivity contribution in [1.82, 2.24) is 10.2 Å². The standard InChI is InChI=1S/C28H24BrN3O6/c1-3-5-21-12-20(14-24-27(33)31(28(34)30-24)16-18-8-10-22(29)11-9-18)15-25(37-2)26(21)38-17-19-6-4-7-23(13-19)32(35)36/h3-4,6-15H,1,5,16-17H2,2H3,(H,30,34)/b24-14+. The summed E-state index contributed by atoms with van der Waals surface area (Å²) >= 11 is 3.37. The SMILES string of the molecule is C=CCc1cc(/C=C2/NC(=O)N(Cc3ccc(Br)cc3)C2=O)cc(OC)c1OCc1cccc([N+](=O)[O-])c1. The van der Waals surface area contributed by atoms with Gasteiger partial charge in [-0.05, 0) is 53.5 Å². The van der Waals surface area contributed by atoms with Crippen LogP contribution >= 0.6 is 15.9 Å². The highest BCUT2D eigenvalue weighted by molar-refractivity contribution is 9.10. The first-order valence-electron chi connectivity index (χ1n) is 11.6. The molecule has 10 heteroatoms. The number of halogens is 1. The first kappa shape index (κ1) is 26.6. The van der Waals surface area contributed by atoms with Crippen LogP contribution in [-0.2, 0) is 24.4 Å². The van der Waals surface area contributed by atoms with E-state index in [0.717, 1.165) is 20.5 Å². The second-order valence-electron chi connectivity index (χ2n) is 8.43. The van der Waals surface area contributed by atoms with Crippen LogP contribution in [-0.4, -0.2) is 28.9 Å². The summed E-state index contributed by atoms with van der Waals surface area (Å²) in [4.78, 5) is 37.3. The minimum Gasteiger partial charge on any atom is -0.493 e. The number of imide groups is 1. The van der Waals surface area contributed by atoms with E-state index >= 15 is 0 Å². The molecule has 0 unspecified atom stereocenters. The molecular formula is C28H24BrN3O6. The van der Waals surface area contributed by atoms with Gasteiger partial charge in [-0.25, -0.2) is 4.79 Å². The Labute approximate surface area is 227 Å². The molecular weight excluding hydrogens is 554 g/mol. The van der Waals surface area contributed by atoms with E-state index in [4.69, 9.17) is 9.47 Å². The summed E-state index contributed by atoms with van der Waals surface area (Å²) in [5.41, 5.74) is 2.92. The highest BCUT2D eigenvalue weighted by Crippen LogP contribution is 2.35. The van der Waals surface area contributed by atoms with E-state index in [1.54, 1.807) is 30.4 Å². The average molecular weight is 578 g/mol. The molecule has 0 spiro atoms. The molecule has 1 aliphatic heterocycles. The Morgan fingerprint density at radius 1 is 1.11 bits per heavy atom. The highest BCUT2D eigenvalue weighted by Gasteiger charge is 2.33. The summed E-state index contributed by atoms with van der Waals surface area (Å²) in [7, 11) is 1.49. The molecule has 1 heterocycles. The maximum Gasteiger partial charge on any atom is 0.329 e. The van der Waals surface area contributed by atoms with Crippen molar-refractivity contribution in [3.8, 4) is 11.5 Å². The molecule has 194 valence electrons. The lowest BCUT2D eigenvalue weighted by molar-refractivity contribution is -0.384. The van der Waals surface area contributed by atoms with Crippen LogP contribution in [0.15, 0.2) is 83.5 Å². The maximum atomic E-state index is 13.0. The van der Waals surface area contributed by atoms with Gasteiger partial charge in [0.2, 0.25) is 0 Å². The molecule has 38 heavy (non-hydrogen) atoms. The van der Waals surface area contributed by atoms with Crippen molar-refractivity contribution in [3.05, 3.63) is 116 Å². The zero-order chi connectivity index (χ0) is 27.2. The molecule has 1 fully saturated rings. The van der Waals surface area contributed by atoms with Crippen molar-refractivity contribution in [2.75, 3.05) is 7.11 Å². The molecule has 1 aliphatic rings. The Morgan fingerprint density at radius 2 is 1.87 bits per heavy atom. The van der Waals surface area contributed by atoms with Crippen LogP contribution in [0.3, 0.4) is 0 Å². The minimum absolute atomic E-state index is 0.0243. The topological polar surface area (TPSA) is 111 Å². The first-order valence-corrected chi connectivity index (χ1v) is 12.3. The van der Waals surface area contributed by atoms with E-state index in [9.17, 15) is 19.7 Å².